The van der Waals surface area contributed by atoms with Gasteiger partial charge in [0.05, 0.1) is 0 Å². The van der Waals surface area contributed by atoms with Crippen molar-refractivity contribution in [3.8, 4) is 5.69 Å². The second-order valence-electron chi connectivity index (χ2n) is 3.53. The highest BCUT2D eigenvalue weighted by molar-refractivity contribution is 7.71. The lowest BCUT2D eigenvalue weighted by molar-refractivity contribution is 0.491. The van der Waals surface area contributed by atoms with Gasteiger partial charge in [0, 0.05) is 17.8 Å². The fraction of sp³-hybridized carbons (Fsp3) is 0.182. The van der Waals surface area contributed by atoms with Gasteiger partial charge in [-0.25, -0.2) is 17.9 Å². The Hall–Kier alpha value is -1.56. The van der Waals surface area contributed by atoms with Crippen molar-refractivity contribution in [1.82, 2.24) is 9.78 Å². The van der Waals surface area contributed by atoms with E-state index in [0.29, 0.717) is 17.1 Å². The number of hydrogen-bond acceptors (Lipinski definition) is 1. The van der Waals surface area contributed by atoms with Crippen LogP contribution in [0.1, 0.15) is 12.6 Å². The van der Waals surface area contributed by atoms with Crippen molar-refractivity contribution in [3.63, 3.8) is 0 Å². The van der Waals surface area contributed by atoms with Gasteiger partial charge in [0.25, 0.3) is 0 Å². The summed E-state index contributed by atoms with van der Waals surface area (Å²) >= 11 is 5.01. The molecule has 2 rings (SSSR count). The maximum absolute atomic E-state index is 13.5. The Kier molecular flexibility index (Phi) is 3.06. The molecular formula is C11H9F3N2S. The van der Waals surface area contributed by atoms with Crippen LogP contribution < -0.4 is 0 Å². The average Bonchev–Trinajstić information content (AvgIpc) is 2.65. The molecular weight excluding hydrogens is 249 g/mol. The van der Waals surface area contributed by atoms with Crippen LogP contribution in [0, 0.1) is 22.1 Å². The van der Waals surface area contributed by atoms with E-state index in [-0.39, 0.29) is 5.69 Å². The molecule has 0 saturated heterocycles. The predicted octanol–water partition coefficient (Wildman–Crippen LogP) is 3.51. The SMILES string of the molecule is CCc1cc(=S)n(-c2cc(F)c(F)cc2F)[nH]1. The topological polar surface area (TPSA) is 20.7 Å². The fourth-order valence-corrected chi connectivity index (χ4v) is 1.77. The fourth-order valence-electron chi connectivity index (χ4n) is 1.49. The van der Waals surface area contributed by atoms with E-state index < -0.39 is 17.5 Å². The summed E-state index contributed by atoms with van der Waals surface area (Å²) in [5, 5.41) is 2.82. The largest absolute Gasteiger partial charge is 0.297 e. The van der Waals surface area contributed by atoms with Crippen molar-refractivity contribution in [3.05, 3.63) is 46.0 Å². The molecule has 0 atom stereocenters. The Morgan fingerprint density at radius 3 is 2.35 bits per heavy atom. The number of hydrogen-bond donors (Lipinski definition) is 1. The lowest BCUT2D eigenvalue weighted by atomic mass is 10.3. The van der Waals surface area contributed by atoms with Crippen molar-refractivity contribution < 1.29 is 13.2 Å². The van der Waals surface area contributed by atoms with Gasteiger partial charge < -0.3 is 0 Å². The molecule has 0 radical (unpaired) electrons. The first kappa shape index (κ1) is 11.9. The van der Waals surface area contributed by atoms with Crippen molar-refractivity contribution in [2.24, 2.45) is 0 Å². The molecule has 1 N–H and O–H groups in total. The van der Waals surface area contributed by atoms with Gasteiger partial charge in [-0.2, -0.15) is 0 Å². The van der Waals surface area contributed by atoms with Crippen molar-refractivity contribution in [2.75, 3.05) is 0 Å². The van der Waals surface area contributed by atoms with Crippen LogP contribution in [-0.2, 0) is 6.42 Å². The first-order valence-electron chi connectivity index (χ1n) is 4.98. The average molecular weight is 258 g/mol. The number of H-pyrrole nitrogens is 1. The van der Waals surface area contributed by atoms with Crippen molar-refractivity contribution in [1.29, 1.82) is 0 Å². The van der Waals surface area contributed by atoms with Crippen LogP contribution in [0.5, 0.6) is 0 Å². The summed E-state index contributed by atoms with van der Waals surface area (Å²) in [6.07, 6.45) is 0.682. The van der Waals surface area contributed by atoms with E-state index in [1.165, 1.54) is 4.68 Å². The molecule has 17 heavy (non-hydrogen) atoms. The molecule has 0 unspecified atom stereocenters. The molecule has 2 aromatic rings. The van der Waals surface area contributed by atoms with Gasteiger partial charge in [-0.3, -0.25) is 5.10 Å². The molecule has 0 amide bonds. The van der Waals surface area contributed by atoms with Crippen LogP contribution in [0.2, 0.25) is 0 Å². The zero-order chi connectivity index (χ0) is 12.6. The molecule has 1 heterocycles. The highest BCUT2D eigenvalue weighted by atomic mass is 32.1. The number of aryl methyl sites for hydroxylation is 1. The number of nitrogens with zero attached hydrogens (tertiary/aromatic N) is 1. The van der Waals surface area contributed by atoms with Gasteiger partial charge in [0.1, 0.15) is 10.3 Å². The van der Waals surface area contributed by atoms with E-state index in [1.54, 1.807) is 6.07 Å². The molecule has 0 bridgehead atoms. The molecule has 90 valence electrons. The molecule has 1 aromatic carbocycles. The summed E-state index contributed by atoms with van der Waals surface area (Å²) in [7, 11) is 0. The first-order valence-corrected chi connectivity index (χ1v) is 5.39. The highest BCUT2D eigenvalue weighted by Crippen LogP contribution is 2.18. The normalized spacial score (nSPS) is 10.8. The Morgan fingerprint density at radius 1 is 1.12 bits per heavy atom. The molecule has 0 aliphatic carbocycles. The summed E-state index contributed by atoms with van der Waals surface area (Å²) in [5.74, 6) is -3.21. The monoisotopic (exact) mass is 258 g/mol. The smallest absolute Gasteiger partial charge is 0.161 e. The van der Waals surface area contributed by atoms with E-state index in [9.17, 15) is 13.2 Å². The summed E-state index contributed by atoms with van der Waals surface area (Å²) < 4.78 is 40.9. The summed E-state index contributed by atoms with van der Waals surface area (Å²) in [4.78, 5) is 0. The van der Waals surface area contributed by atoms with E-state index in [2.05, 4.69) is 5.10 Å². The Balaban J connectivity index is 2.64. The van der Waals surface area contributed by atoms with Crippen LogP contribution >= 0.6 is 12.2 Å². The number of rotatable bonds is 2. The van der Waals surface area contributed by atoms with Gasteiger partial charge in [0.15, 0.2) is 17.5 Å². The second kappa shape index (κ2) is 4.37. The minimum absolute atomic E-state index is 0.131. The van der Waals surface area contributed by atoms with Gasteiger partial charge >= 0.3 is 0 Å². The molecule has 0 spiro atoms. The second-order valence-corrected chi connectivity index (χ2v) is 3.94. The van der Waals surface area contributed by atoms with E-state index in [4.69, 9.17) is 12.2 Å². The minimum Gasteiger partial charge on any atom is -0.297 e. The molecule has 0 aliphatic heterocycles. The first-order chi connectivity index (χ1) is 8.02. The Morgan fingerprint density at radius 2 is 1.76 bits per heavy atom. The number of aromatic amines is 1. The molecule has 0 fully saturated rings. The number of benzene rings is 1. The molecule has 2 nitrogen and oxygen atoms in total. The van der Waals surface area contributed by atoms with Crippen LogP contribution in [0.15, 0.2) is 18.2 Å². The predicted molar refractivity (Wildman–Crippen MR) is 60.2 cm³/mol. The Labute approximate surface area is 101 Å². The van der Waals surface area contributed by atoms with Gasteiger partial charge in [-0.05, 0) is 12.5 Å². The van der Waals surface area contributed by atoms with Crippen LogP contribution in [-0.4, -0.2) is 9.78 Å². The van der Waals surface area contributed by atoms with Crippen LogP contribution in [0.4, 0.5) is 13.2 Å². The van der Waals surface area contributed by atoms with Gasteiger partial charge in [0.2, 0.25) is 0 Å². The minimum atomic E-state index is -1.22. The lowest BCUT2D eigenvalue weighted by Gasteiger charge is -2.05. The number of nitrogens with one attached hydrogen (secondary N) is 1. The lowest BCUT2D eigenvalue weighted by Crippen LogP contribution is -2.02. The third-order valence-electron chi connectivity index (χ3n) is 2.39. The maximum Gasteiger partial charge on any atom is 0.161 e. The zero-order valence-corrected chi connectivity index (χ0v) is 9.75. The third-order valence-corrected chi connectivity index (χ3v) is 2.69. The zero-order valence-electron chi connectivity index (χ0n) is 8.93. The molecule has 6 heteroatoms. The van der Waals surface area contributed by atoms with Crippen LogP contribution in [0.25, 0.3) is 5.69 Å². The van der Waals surface area contributed by atoms with Gasteiger partial charge in [-0.15, -0.1) is 0 Å². The molecule has 0 saturated carbocycles. The molecule has 0 aliphatic rings. The highest BCUT2D eigenvalue weighted by Gasteiger charge is 2.12. The van der Waals surface area contributed by atoms with Gasteiger partial charge in [-0.1, -0.05) is 19.1 Å². The van der Waals surface area contributed by atoms with Crippen LogP contribution in [0.3, 0.4) is 0 Å². The number of aromatic nitrogens is 2. The van der Waals surface area contributed by atoms with E-state index >= 15 is 0 Å². The molecule has 1 aromatic heterocycles. The van der Waals surface area contributed by atoms with Crippen molar-refractivity contribution >= 4 is 12.2 Å². The van der Waals surface area contributed by atoms with Crippen molar-refractivity contribution in [2.45, 2.75) is 13.3 Å². The third kappa shape index (κ3) is 2.12. The quantitative estimate of drug-likeness (QED) is 0.645. The summed E-state index contributed by atoms with van der Waals surface area (Å²) in [5.41, 5.74) is 0.660. The summed E-state index contributed by atoms with van der Waals surface area (Å²) in [6, 6.07) is 2.92. The van der Waals surface area contributed by atoms with E-state index in [0.717, 1.165) is 11.8 Å². The number of halogens is 3. The Bertz CT molecular complexity index is 616. The van der Waals surface area contributed by atoms with E-state index in [1.807, 2.05) is 6.92 Å². The standard InChI is InChI=1S/C11H9F3N2S/c1-2-6-3-11(17)16(15-6)10-5-8(13)7(12)4-9(10)14/h3-5,15H,2H2,1H3. The maximum atomic E-state index is 13.5. The summed E-state index contributed by atoms with van der Waals surface area (Å²) in [6.45, 7) is 1.90.